The minimum absolute atomic E-state index is 0.118. The summed E-state index contributed by atoms with van der Waals surface area (Å²) in [7, 11) is 0. The molecule has 2 amide bonds. The average molecular weight is 325 g/mol. The van der Waals surface area contributed by atoms with Crippen molar-refractivity contribution in [2.75, 3.05) is 4.90 Å². The highest BCUT2D eigenvalue weighted by atomic mass is 32.2. The lowest BCUT2D eigenvalue weighted by Crippen LogP contribution is -2.28. The van der Waals surface area contributed by atoms with Crippen molar-refractivity contribution >= 4 is 34.7 Å². The van der Waals surface area contributed by atoms with Gasteiger partial charge < -0.3 is 5.11 Å². The van der Waals surface area contributed by atoms with Crippen molar-refractivity contribution < 1.29 is 14.7 Å². The van der Waals surface area contributed by atoms with E-state index in [0.717, 1.165) is 22.9 Å². The molecule has 3 rings (SSSR count). The summed E-state index contributed by atoms with van der Waals surface area (Å²) in [5, 5.41) is 9.19. The van der Waals surface area contributed by atoms with Crippen LogP contribution in [-0.2, 0) is 4.79 Å². The smallest absolute Gasteiger partial charge is 0.298 e. The zero-order valence-electron chi connectivity index (χ0n) is 12.7. The highest BCUT2D eigenvalue weighted by molar-refractivity contribution is 8.19. The number of amides is 2. The van der Waals surface area contributed by atoms with Crippen molar-refractivity contribution in [2.24, 2.45) is 0 Å². The molecule has 1 N–H and O–H groups in total. The van der Waals surface area contributed by atoms with E-state index in [1.165, 1.54) is 4.90 Å². The number of carbonyl (C=O) groups excluding carboxylic acids is 2. The maximum Gasteiger partial charge on any atom is 0.298 e. The summed E-state index contributed by atoms with van der Waals surface area (Å²) in [6.45, 7) is 3.84. The van der Waals surface area contributed by atoms with Crippen LogP contribution < -0.4 is 4.90 Å². The maximum atomic E-state index is 12.6. The first-order chi connectivity index (χ1) is 11.0. The monoisotopic (exact) mass is 325 g/mol. The summed E-state index contributed by atoms with van der Waals surface area (Å²) in [6, 6.07) is 12.2. The standard InChI is InChI=1S/C18H15NO3S/c1-11-6-7-15(12(2)8-11)19-17(21)16(23-18(19)22)10-13-4-3-5-14(20)9-13/h3-10,20H,1-2H3/b16-10-. The van der Waals surface area contributed by atoms with Gasteiger partial charge in [0.25, 0.3) is 11.1 Å². The lowest BCUT2D eigenvalue weighted by Gasteiger charge is -2.15. The molecule has 116 valence electrons. The van der Waals surface area contributed by atoms with Crippen LogP contribution in [0, 0.1) is 13.8 Å². The van der Waals surface area contributed by atoms with E-state index in [1.54, 1.807) is 36.4 Å². The summed E-state index contributed by atoms with van der Waals surface area (Å²) in [6.07, 6.45) is 1.62. The van der Waals surface area contributed by atoms with Gasteiger partial charge >= 0.3 is 0 Å². The fourth-order valence-electron chi connectivity index (χ4n) is 2.50. The Balaban J connectivity index is 1.97. The van der Waals surface area contributed by atoms with E-state index in [-0.39, 0.29) is 16.9 Å². The van der Waals surface area contributed by atoms with Crippen LogP contribution in [0.5, 0.6) is 5.75 Å². The number of phenolic OH excluding ortho intramolecular Hbond substituents is 1. The Morgan fingerprint density at radius 2 is 1.87 bits per heavy atom. The average Bonchev–Trinajstić information content (AvgIpc) is 2.74. The minimum Gasteiger partial charge on any atom is -0.508 e. The Morgan fingerprint density at radius 1 is 1.09 bits per heavy atom. The van der Waals surface area contributed by atoms with E-state index in [4.69, 9.17) is 0 Å². The summed E-state index contributed by atoms with van der Waals surface area (Å²) in [5.74, 6) is -0.220. The Morgan fingerprint density at radius 3 is 2.57 bits per heavy atom. The molecule has 0 aromatic heterocycles. The maximum absolute atomic E-state index is 12.6. The quantitative estimate of drug-likeness (QED) is 0.839. The highest BCUT2D eigenvalue weighted by Gasteiger charge is 2.36. The van der Waals surface area contributed by atoms with Crippen molar-refractivity contribution in [3.8, 4) is 5.75 Å². The second kappa shape index (κ2) is 5.93. The minimum atomic E-state index is -0.338. The molecule has 0 atom stereocenters. The van der Waals surface area contributed by atoms with E-state index < -0.39 is 0 Å². The summed E-state index contributed by atoms with van der Waals surface area (Å²) in [4.78, 5) is 26.4. The van der Waals surface area contributed by atoms with Crippen molar-refractivity contribution in [3.05, 3.63) is 64.1 Å². The summed E-state index contributed by atoms with van der Waals surface area (Å²) >= 11 is 0.907. The Hall–Kier alpha value is -2.53. The van der Waals surface area contributed by atoms with Crippen LogP contribution in [0.1, 0.15) is 16.7 Å². The fourth-order valence-corrected chi connectivity index (χ4v) is 3.33. The van der Waals surface area contributed by atoms with Crippen molar-refractivity contribution in [3.63, 3.8) is 0 Å². The first-order valence-corrected chi connectivity index (χ1v) is 7.91. The molecule has 1 fully saturated rings. The van der Waals surface area contributed by atoms with E-state index in [1.807, 2.05) is 26.0 Å². The van der Waals surface area contributed by atoms with Gasteiger partial charge in [0.2, 0.25) is 0 Å². The van der Waals surface area contributed by atoms with Crippen LogP contribution in [0.15, 0.2) is 47.4 Å². The topological polar surface area (TPSA) is 57.6 Å². The van der Waals surface area contributed by atoms with Gasteiger partial charge in [0.1, 0.15) is 5.75 Å². The van der Waals surface area contributed by atoms with Crippen LogP contribution in [0.2, 0.25) is 0 Å². The van der Waals surface area contributed by atoms with Gasteiger partial charge in [-0.05, 0) is 61.0 Å². The van der Waals surface area contributed by atoms with Gasteiger partial charge in [-0.1, -0.05) is 29.8 Å². The van der Waals surface area contributed by atoms with Crippen molar-refractivity contribution in [1.82, 2.24) is 0 Å². The first kappa shape index (κ1) is 15.4. The number of aromatic hydroxyl groups is 1. The molecule has 2 aromatic rings. The molecule has 4 nitrogen and oxygen atoms in total. The molecule has 0 aliphatic carbocycles. The zero-order valence-corrected chi connectivity index (χ0v) is 13.6. The number of imide groups is 1. The van der Waals surface area contributed by atoms with E-state index >= 15 is 0 Å². The number of aryl methyl sites for hydroxylation is 2. The second-order valence-electron chi connectivity index (χ2n) is 5.40. The van der Waals surface area contributed by atoms with Crippen LogP contribution in [0.4, 0.5) is 10.5 Å². The molecule has 0 radical (unpaired) electrons. The molecule has 1 aliphatic heterocycles. The number of carbonyl (C=O) groups is 2. The van der Waals surface area contributed by atoms with Gasteiger partial charge in [-0.2, -0.15) is 0 Å². The third kappa shape index (κ3) is 3.00. The van der Waals surface area contributed by atoms with Gasteiger partial charge in [-0.15, -0.1) is 0 Å². The van der Waals surface area contributed by atoms with Gasteiger partial charge in [-0.25, -0.2) is 4.90 Å². The largest absolute Gasteiger partial charge is 0.508 e. The molecule has 2 aromatic carbocycles. The lowest BCUT2D eigenvalue weighted by atomic mass is 10.1. The predicted molar refractivity (Wildman–Crippen MR) is 92.5 cm³/mol. The fraction of sp³-hybridized carbons (Fsp3) is 0.111. The summed E-state index contributed by atoms with van der Waals surface area (Å²) < 4.78 is 0. The zero-order chi connectivity index (χ0) is 16.6. The van der Waals surface area contributed by atoms with Gasteiger partial charge in [-0.3, -0.25) is 9.59 Å². The van der Waals surface area contributed by atoms with Gasteiger partial charge in [0.05, 0.1) is 10.6 Å². The molecule has 5 heteroatoms. The molecule has 1 saturated heterocycles. The van der Waals surface area contributed by atoms with Gasteiger partial charge in [0, 0.05) is 0 Å². The molecule has 1 aliphatic rings. The third-order valence-corrected chi connectivity index (χ3v) is 4.42. The number of thioether (sulfide) groups is 1. The normalized spacial score (nSPS) is 16.4. The Bertz CT molecular complexity index is 842. The number of nitrogens with zero attached hydrogens (tertiary/aromatic N) is 1. The molecule has 0 spiro atoms. The molecule has 0 bridgehead atoms. The van der Waals surface area contributed by atoms with E-state index in [0.29, 0.717) is 16.2 Å². The SMILES string of the molecule is Cc1ccc(N2C(=O)S/C(=C\c3cccc(O)c3)C2=O)c(C)c1. The number of benzene rings is 2. The summed E-state index contributed by atoms with van der Waals surface area (Å²) in [5.41, 5.74) is 3.24. The molecular weight excluding hydrogens is 310 g/mol. The number of phenols is 1. The lowest BCUT2D eigenvalue weighted by molar-refractivity contribution is -0.113. The number of hydrogen-bond acceptors (Lipinski definition) is 4. The highest BCUT2D eigenvalue weighted by Crippen LogP contribution is 2.37. The van der Waals surface area contributed by atoms with Crippen LogP contribution >= 0.6 is 11.8 Å². The number of anilines is 1. The molecule has 0 saturated carbocycles. The predicted octanol–water partition coefficient (Wildman–Crippen LogP) is 4.25. The van der Waals surface area contributed by atoms with Crippen LogP contribution in [0.3, 0.4) is 0 Å². The van der Waals surface area contributed by atoms with Gasteiger partial charge in [0.15, 0.2) is 0 Å². The molecule has 1 heterocycles. The second-order valence-corrected chi connectivity index (χ2v) is 6.40. The van der Waals surface area contributed by atoms with Crippen LogP contribution in [0.25, 0.3) is 6.08 Å². The van der Waals surface area contributed by atoms with Crippen molar-refractivity contribution in [2.45, 2.75) is 13.8 Å². The first-order valence-electron chi connectivity index (χ1n) is 7.10. The Labute approximate surface area is 138 Å². The third-order valence-electron chi connectivity index (χ3n) is 3.55. The molecule has 23 heavy (non-hydrogen) atoms. The van der Waals surface area contributed by atoms with Crippen LogP contribution in [-0.4, -0.2) is 16.3 Å². The molecule has 0 unspecified atom stereocenters. The molecular formula is C18H15NO3S. The van der Waals surface area contributed by atoms with Crippen molar-refractivity contribution in [1.29, 1.82) is 0 Å². The number of hydrogen-bond donors (Lipinski definition) is 1. The van der Waals surface area contributed by atoms with E-state index in [2.05, 4.69) is 0 Å². The van der Waals surface area contributed by atoms with E-state index in [9.17, 15) is 14.7 Å². The Kier molecular flexibility index (Phi) is 3.96. The number of rotatable bonds is 2.